The molecule has 1 unspecified atom stereocenters. The second-order valence-corrected chi connectivity index (χ2v) is 7.14. The van der Waals surface area contributed by atoms with Crippen LogP contribution in [0.2, 0.25) is 5.15 Å². The van der Waals surface area contributed by atoms with E-state index in [2.05, 4.69) is 20.5 Å². The summed E-state index contributed by atoms with van der Waals surface area (Å²) in [5, 5.41) is 12.1. The van der Waals surface area contributed by atoms with Gasteiger partial charge in [-0.15, -0.1) is 10.2 Å². The van der Waals surface area contributed by atoms with Gasteiger partial charge in [-0.25, -0.2) is 4.98 Å². The average molecular weight is 418 g/mol. The van der Waals surface area contributed by atoms with Gasteiger partial charge in [0.2, 0.25) is 5.91 Å². The number of para-hydroxylation sites is 1. The SMILES string of the molecule is CCn1c(SCC(=O)Nc2cccnc2Cl)nnc1C(C)Oc1ccccc1. The first-order valence-corrected chi connectivity index (χ1v) is 10.1. The zero-order chi connectivity index (χ0) is 19.9. The molecule has 0 bridgehead atoms. The number of hydrogen-bond donors (Lipinski definition) is 1. The van der Waals surface area contributed by atoms with Crippen molar-refractivity contribution in [3.05, 3.63) is 59.6 Å². The summed E-state index contributed by atoms with van der Waals surface area (Å²) in [5.41, 5.74) is 0.484. The quantitative estimate of drug-likeness (QED) is 0.436. The van der Waals surface area contributed by atoms with Gasteiger partial charge in [0, 0.05) is 12.7 Å². The first-order valence-electron chi connectivity index (χ1n) is 8.76. The van der Waals surface area contributed by atoms with Crippen molar-refractivity contribution in [1.82, 2.24) is 19.7 Å². The van der Waals surface area contributed by atoms with Crippen molar-refractivity contribution in [2.45, 2.75) is 31.7 Å². The Bertz CT molecular complexity index is 935. The predicted octanol–water partition coefficient (Wildman–Crippen LogP) is 4.22. The Kier molecular flexibility index (Phi) is 6.89. The van der Waals surface area contributed by atoms with Crippen LogP contribution in [0.4, 0.5) is 5.69 Å². The normalized spacial score (nSPS) is 11.8. The van der Waals surface area contributed by atoms with E-state index in [9.17, 15) is 4.79 Å². The highest BCUT2D eigenvalue weighted by Gasteiger charge is 2.19. The Labute approximate surface area is 172 Å². The van der Waals surface area contributed by atoms with Crippen molar-refractivity contribution in [3.63, 3.8) is 0 Å². The lowest BCUT2D eigenvalue weighted by atomic mass is 10.3. The van der Waals surface area contributed by atoms with Crippen LogP contribution in [0, 0.1) is 0 Å². The number of anilines is 1. The first-order chi connectivity index (χ1) is 13.6. The highest BCUT2D eigenvalue weighted by Crippen LogP contribution is 2.25. The van der Waals surface area contributed by atoms with Gasteiger partial charge in [-0.3, -0.25) is 4.79 Å². The van der Waals surface area contributed by atoms with E-state index in [1.807, 2.05) is 48.7 Å². The molecule has 1 atom stereocenters. The van der Waals surface area contributed by atoms with Gasteiger partial charge in [0.1, 0.15) is 5.75 Å². The molecule has 0 radical (unpaired) electrons. The van der Waals surface area contributed by atoms with Gasteiger partial charge >= 0.3 is 0 Å². The van der Waals surface area contributed by atoms with E-state index < -0.39 is 0 Å². The summed E-state index contributed by atoms with van der Waals surface area (Å²) in [6.45, 7) is 4.60. The molecule has 0 fully saturated rings. The maximum absolute atomic E-state index is 12.2. The van der Waals surface area contributed by atoms with Crippen LogP contribution in [0.5, 0.6) is 5.75 Å². The molecule has 28 heavy (non-hydrogen) atoms. The van der Waals surface area contributed by atoms with Crippen LogP contribution in [0.1, 0.15) is 25.8 Å². The number of nitrogens with one attached hydrogen (secondary N) is 1. The molecule has 2 heterocycles. The number of pyridine rings is 1. The van der Waals surface area contributed by atoms with Crippen LogP contribution in [0.15, 0.2) is 53.8 Å². The number of carbonyl (C=O) groups is 1. The highest BCUT2D eigenvalue weighted by molar-refractivity contribution is 7.99. The van der Waals surface area contributed by atoms with Gasteiger partial charge < -0.3 is 14.6 Å². The lowest BCUT2D eigenvalue weighted by Crippen LogP contribution is -2.16. The summed E-state index contributed by atoms with van der Waals surface area (Å²) in [4.78, 5) is 16.2. The largest absolute Gasteiger partial charge is 0.483 e. The summed E-state index contributed by atoms with van der Waals surface area (Å²) in [6.07, 6.45) is 1.30. The van der Waals surface area contributed by atoms with Crippen molar-refractivity contribution in [2.24, 2.45) is 0 Å². The average Bonchev–Trinajstić information content (AvgIpc) is 3.12. The molecule has 146 valence electrons. The fourth-order valence-corrected chi connectivity index (χ4v) is 3.53. The van der Waals surface area contributed by atoms with Gasteiger partial charge in [0.05, 0.1) is 11.4 Å². The maximum atomic E-state index is 12.2. The van der Waals surface area contributed by atoms with E-state index in [-0.39, 0.29) is 22.9 Å². The van der Waals surface area contributed by atoms with Crippen LogP contribution in [0.25, 0.3) is 0 Å². The van der Waals surface area contributed by atoms with E-state index in [1.165, 1.54) is 11.8 Å². The summed E-state index contributed by atoms with van der Waals surface area (Å²) in [7, 11) is 0. The van der Waals surface area contributed by atoms with Crippen molar-refractivity contribution in [1.29, 1.82) is 0 Å². The van der Waals surface area contributed by atoms with Crippen LogP contribution in [0.3, 0.4) is 0 Å². The number of halogens is 1. The fourth-order valence-electron chi connectivity index (χ4n) is 2.56. The minimum atomic E-state index is -0.271. The number of nitrogens with zero attached hydrogens (tertiary/aromatic N) is 4. The number of thioether (sulfide) groups is 1. The molecular formula is C19H20ClN5O2S. The van der Waals surface area contributed by atoms with Crippen LogP contribution in [-0.4, -0.2) is 31.4 Å². The van der Waals surface area contributed by atoms with Crippen molar-refractivity contribution in [3.8, 4) is 5.75 Å². The Balaban J connectivity index is 1.63. The van der Waals surface area contributed by atoms with Gasteiger partial charge in [-0.05, 0) is 38.1 Å². The smallest absolute Gasteiger partial charge is 0.234 e. The van der Waals surface area contributed by atoms with Crippen LogP contribution >= 0.6 is 23.4 Å². The molecule has 1 aromatic carbocycles. The molecule has 0 aliphatic heterocycles. The van der Waals surface area contributed by atoms with Gasteiger partial charge in [0.15, 0.2) is 22.2 Å². The Hall–Kier alpha value is -2.58. The summed E-state index contributed by atoms with van der Waals surface area (Å²) in [6, 6.07) is 13.0. The van der Waals surface area contributed by atoms with Gasteiger partial charge in [-0.2, -0.15) is 0 Å². The molecule has 0 saturated heterocycles. The third-order valence-electron chi connectivity index (χ3n) is 3.85. The second kappa shape index (κ2) is 9.57. The van der Waals surface area contributed by atoms with E-state index in [4.69, 9.17) is 16.3 Å². The van der Waals surface area contributed by atoms with Crippen LogP contribution < -0.4 is 10.1 Å². The number of rotatable bonds is 8. The van der Waals surface area contributed by atoms with Crippen molar-refractivity contribution >= 4 is 35.0 Å². The zero-order valence-electron chi connectivity index (χ0n) is 15.5. The minimum absolute atomic E-state index is 0.178. The van der Waals surface area contributed by atoms with E-state index >= 15 is 0 Å². The molecule has 1 amide bonds. The number of carbonyl (C=O) groups excluding carboxylic acids is 1. The predicted molar refractivity (Wildman–Crippen MR) is 110 cm³/mol. The Morgan fingerprint density at radius 1 is 1.25 bits per heavy atom. The topological polar surface area (TPSA) is 81.9 Å². The summed E-state index contributed by atoms with van der Waals surface area (Å²) >= 11 is 7.27. The number of aromatic nitrogens is 4. The number of ether oxygens (including phenoxy) is 1. The zero-order valence-corrected chi connectivity index (χ0v) is 17.1. The molecule has 7 nitrogen and oxygen atoms in total. The first kappa shape index (κ1) is 20.2. The highest BCUT2D eigenvalue weighted by atomic mass is 35.5. The van der Waals surface area contributed by atoms with E-state index in [0.717, 1.165) is 5.75 Å². The molecule has 0 spiro atoms. The van der Waals surface area contributed by atoms with Crippen LogP contribution in [-0.2, 0) is 11.3 Å². The maximum Gasteiger partial charge on any atom is 0.234 e. The number of hydrogen-bond acceptors (Lipinski definition) is 6. The fraction of sp³-hybridized carbons (Fsp3) is 0.263. The standard InChI is InChI=1S/C19H20ClN5O2S/c1-3-25-18(13(2)27-14-8-5-4-6-9-14)23-24-19(25)28-12-16(26)22-15-10-7-11-21-17(15)20/h4-11,13H,3,12H2,1-2H3,(H,22,26). The van der Waals surface area contributed by atoms with Gasteiger partial charge in [-0.1, -0.05) is 41.6 Å². The molecule has 3 rings (SSSR count). The lowest BCUT2D eigenvalue weighted by Gasteiger charge is -2.15. The summed E-state index contributed by atoms with van der Waals surface area (Å²) < 4.78 is 7.89. The molecule has 2 aromatic heterocycles. The molecule has 0 aliphatic carbocycles. The third kappa shape index (κ3) is 5.02. The van der Waals surface area contributed by atoms with Gasteiger partial charge in [0.25, 0.3) is 0 Å². The molecule has 9 heteroatoms. The number of amides is 1. The molecule has 0 saturated carbocycles. The summed E-state index contributed by atoms with van der Waals surface area (Å²) in [5.74, 6) is 1.46. The van der Waals surface area contributed by atoms with E-state index in [1.54, 1.807) is 18.3 Å². The monoisotopic (exact) mass is 417 g/mol. The Morgan fingerprint density at radius 2 is 2.04 bits per heavy atom. The molecular weight excluding hydrogens is 398 g/mol. The molecule has 1 N–H and O–H groups in total. The molecule has 0 aliphatic rings. The van der Waals surface area contributed by atoms with Crippen molar-refractivity contribution < 1.29 is 9.53 Å². The van der Waals surface area contributed by atoms with Crippen molar-refractivity contribution in [2.75, 3.05) is 11.1 Å². The minimum Gasteiger partial charge on any atom is -0.483 e. The third-order valence-corrected chi connectivity index (χ3v) is 5.11. The number of benzene rings is 1. The second-order valence-electron chi connectivity index (χ2n) is 5.84. The molecule has 3 aromatic rings. The lowest BCUT2D eigenvalue weighted by molar-refractivity contribution is -0.113. The Morgan fingerprint density at radius 3 is 2.75 bits per heavy atom. The van der Waals surface area contributed by atoms with E-state index in [0.29, 0.717) is 23.2 Å².